The molecular weight excluding hydrogens is 376 g/mol. The van der Waals surface area contributed by atoms with Crippen LogP contribution in [0.4, 0.5) is 17.3 Å². The van der Waals surface area contributed by atoms with E-state index < -0.39 is 0 Å². The van der Waals surface area contributed by atoms with Crippen LogP contribution in [0.5, 0.6) is 0 Å². The summed E-state index contributed by atoms with van der Waals surface area (Å²) in [6, 6.07) is 12.0. The summed E-state index contributed by atoms with van der Waals surface area (Å²) in [4.78, 5) is 17.7. The van der Waals surface area contributed by atoms with Gasteiger partial charge in [-0.3, -0.25) is 4.90 Å². The van der Waals surface area contributed by atoms with E-state index in [4.69, 9.17) is 5.26 Å². The third-order valence-corrected chi connectivity index (χ3v) is 6.12. The van der Waals surface area contributed by atoms with Crippen molar-refractivity contribution in [2.75, 3.05) is 29.9 Å². The summed E-state index contributed by atoms with van der Waals surface area (Å²) in [5.74, 6) is 1.22. The van der Waals surface area contributed by atoms with Crippen molar-refractivity contribution in [3.8, 4) is 11.8 Å². The highest BCUT2D eigenvalue weighted by atomic mass is 15.3. The zero-order chi connectivity index (χ0) is 20.5. The van der Waals surface area contributed by atoms with Crippen LogP contribution < -0.4 is 10.2 Å². The van der Waals surface area contributed by atoms with Crippen LogP contribution in [0, 0.1) is 11.3 Å². The molecule has 2 aliphatic heterocycles. The number of hydrogen-bond acceptors (Lipinski definition) is 7. The molecule has 2 aromatic heterocycles. The Bertz CT molecular complexity index is 1050. The van der Waals surface area contributed by atoms with E-state index in [1.54, 1.807) is 6.33 Å². The van der Waals surface area contributed by atoms with E-state index in [9.17, 15) is 0 Å². The molecule has 152 valence electrons. The summed E-state index contributed by atoms with van der Waals surface area (Å²) in [6.07, 6.45) is 9.23. The fourth-order valence-electron chi connectivity index (χ4n) is 4.27. The van der Waals surface area contributed by atoms with E-state index in [0.29, 0.717) is 17.7 Å². The molecule has 0 saturated carbocycles. The molecule has 2 saturated heterocycles. The Kier molecular flexibility index (Phi) is 4.81. The molecule has 3 aromatic rings. The van der Waals surface area contributed by atoms with Gasteiger partial charge in [0.1, 0.15) is 24.0 Å². The standard InChI is InChI=1S/C22H24N8/c1-16-6-9-30(16)20-7-8-28(13-20)18-2-4-19(5-3-18)29-14-22(26-15-29)27-21-12-24-17(10-23)11-25-21/h2-5,11-12,14-16,20H,6-9,13H2,1H3,(H,25,27)/t16-,20?/m1/s1. The lowest BCUT2D eigenvalue weighted by molar-refractivity contribution is 0.0622. The number of nitrogens with one attached hydrogen (secondary N) is 1. The predicted octanol–water partition coefficient (Wildman–Crippen LogP) is 2.95. The van der Waals surface area contributed by atoms with Gasteiger partial charge in [-0.2, -0.15) is 5.26 Å². The number of rotatable bonds is 5. The van der Waals surface area contributed by atoms with E-state index in [2.05, 4.69) is 61.3 Å². The van der Waals surface area contributed by atoms with Crippen LogP contribution in [0.2, 0.25) is 0 Å². The minimum absolute atomic E-state index is 0.287. The molecular formula is C22H24N8. The van der Waals surface area contributed by atoms with Crippen LogP contribution in [0.25, 0.3) is 5.69 Å². The topological polar surface area (TPSA) is 85.9 Å². The molecule has 4 heterocycles. The number of anilines is 3. The molecule has 0 spiro atoms. The van der Waals surface area contributed by atoms with Crippen LogP contribution in [-0.2, 0) is 0 Å². The predicted molar refractivity (Wildman–Crippen MR) is 115 cm³/mol. The average molecular weight is 400 g/mol. The second-order valence-corrected chi connectivity index (χ2v) is 7.97. The van der Waals surface area contributed by atoms with Crippen LogP contribution in [0.1, 0.15) is 25.5 Å². The third kappa shape index (κ3) is 3.60. The van der Waals surface area contributed by atoms with Gasteiger partial charge in [-0.25, -0.2) is 15.0 Å². The maximum atomic E-state index is 8.80. The summed E-state index contributed by atoms with van der Waals surface area (Å²) in [6.45, 7) is 5.83. The first kappa shape index (κ1) is 18.6. The van der Waals surface area contributed by atoms with Gasteiger partial charge in [0, 0.05) is 43.1 Å². The summed E-state index contributed by atoms with van der Waals surface area (Å²) in [5, 5.41) is 11.9. The first-order valence-electron chi connectivity index (χ1n) is 10.3. The Labute approximate surface area is 175 Å². The van der Waals surface area contributed by atoms with Crippen LogP contribution >= 0.6 is 0 Å². The first-order chi connectivity index (χ1) is 14.7. The lowest BCUT2D eigenvalue weighted by atomic mass is 10.0. The first-order valence-corrected chi connectivity index (χ1v) is 10.3. The normalized spacial score (nSPS) is 21.3. The fourth-order valence-corrected chi connectivity index (χ4v) is 4.27. The molecule has 8 heteroatoms. The number of nitriles is 1. The molecule has 2 aliphatic rings. The maximum absolute atomic E-state index is 8.80. The van der Waals surface area contributed by atoms with Gasteiger partial charge in [-0.15, -0.1) is 0 Å². The Hall–Kier alpha value is -3.44. The van der Waals surface area contributed by atoms with Gasteiger partial charge >= 0.3 is 0 Å². The lowest BCUT2D eigenvalue weighted by Gasteiger charge is -2.43. The molecule has 5 rings (SSSR count). The van der Waals surface area contributed by atoms with Crippen LogP contribution in [0.3, 0.4) is 0 Å². The smallest absolute Gasteiger partial charge is 0.158 e. The maximum Gasteiger partial charge on any atom is 0.158 e. The molecule has 0 radical (unpaired) electrons. The van der Waals surface area contributed by atoms with Crippen LogP contribution in [-0.4, -0.2) is 56.1 Å². The molecule has 0 aliphatic carbocycles. The summed E-state index contributed by atoms with van der Waals surface area (Å²) in [7, 11) is 0. The van der Waals surface area contributed by atoms with Crippen molar-refractivity contribution in [3.63, 3.8) is 0 Å². The molecule has 30 heavy (non-hydrogen) atoms. The monoisotopic (exact) mass is 400 g/mol. The van der Waals surface area contributed by atoms with Crippen molar-refractivity contribution >= 4 is 17.3 Å². The van der Waals surface area contributed by atoms with Crippen molar-refractivity contribution in [1.82, 2.24) is 24.4 Å². The number of imidazole rings is 1. The zero-order valence-corrected chi connectivity index (χ0v) is 16.9. The van der Waals surface area contributed by atoms with Crippen molar-refractivity contribution in [2.45, 2.75) is 31.8 Å². The fraction of sp³-hybridized carbons (Fsp3) is 0.364. The van der Waals surface area contributed by atoms with Crippen molar-refractivity contribution in [3.05, 3.63) is 54.9 Å². The number of benzene rings is 1. The number of nitrogens with zero attached hydrogens (tertiary/aromatic N) is 7. The highest BCUT2D eigenvalue weighted by Gasteiger charge is 2.34. The molecule has 0 amide bonds. The lowest BCUT2D eigenvalue weighted by Crippen LogP contribution is -2.52. The zero-order valence-electron chi connectivity index (χ0n) is 16.9. The van der Waals surface area contributed by atoms with Crippen molar-refractivity contribution < 1.29 is 0 Å². The summed E-state index contributed by atoms with van der Waals surface area (Å²) in [5.41, 5.74) is 2.62. The minimum atomic E-state index is 0.287. The largest absolute Gasteiger partial charge is 0.370 e. The number of hydrogen-bond donors (Lipinski definition) is 1. The number of aromatic nitrogens is 4. The molecule has 1 aromatic carbocycles. The van der Waals surface area contributed by atoms with E-state index in [-0.39, 0.29) is 5.69 Å². The molecule has 2 atom stereocenters. The Morgan fingerprint density at radius 2 is 1.83 bits per heavy atom. The molecule has 0 bridgehead atoms. The third-order valence-electron chi connectivity index (χ3n) is 6.12. The summed E-state index contributed by atoms with van der Waals surface area (Å²) >= 11 is 0. The molecule has 2 fully saturated rings. The van der Waals surface area contributed by atoms with Gasteiger partial charge in [0.15, 0.2) is 5.69 Å². The Balaban J connectivity index is 1.23. The van der Waals surface area contributed by atoms with Crippen molar-refractivity contribution in [1.29, 1.82) is 5.26 Å². The van der Waals surface area contributed by atoms with Gasteiger partial charge in [-0.05, 0) is 44.0 Å². The Morgan fingerprint density at radius 3 is 2.50 bits per heavy atom. The Morgan fingerprint density at radius 1 is 1.00 bits per heavy atom. The van der Waals surface area contributed by atoms with E-state index in [1.807, 2.05) is 16.8 Å². The van der Waals surface area contributed by atoms with Gasteiger partial charge in [0.05, 0.1) is 18.6 Å². The number of likely N-dealkylation sites (tertiary alicyclic amines) is 1. The highest BCUT2D eigenvalue weighted by Crippen LogP contribution is 2.29. The van der Waals surface area contributed by atoms with Crippen molar-refractivity contribution in [2.24, 2.45) is 0 Å². The second-order valence-electron chi connectivity index (χ2n) is 7.97. The van der Waals surface area contributed by atoms with Gasteiger partial charge in [0.2, 0.25) is 0 Å². The van der Waals surface area contributed by atoms with E-state index in [1.165, 1.54) is 37.5 Å². The highest BCUT2D eigenvalue weighted by molar-refractivity contribution is 5.54. The van der Waals surface area contributed by atoms with Gasteiger partial charge in [0.25, 0.3) is 0 Å². The van der Waals surface area contributed by atoms with E-state index in [0.717, 1.165) is 24.8 Å². The molecule has 8 nitrogen and oxygen atoms in total. The van der Waals surface area contributed by atoms with Gasteiger partial charge < -0.3 is 14.8 Å². The van der Waals surface area contributed by atoms with E-state index >= 15 is 0 Å². The van der Waals surface area contributed by atoms with Gasteiger partial charge in [-0.1, -0.05) is 0 Å². The quantitative estimate of drug-likeness (QED) is 0.705. The second kappa shape index (κ2) is 7.76. The minimum Gasteiger partial charge on any atom is -0.370 e. The molecule has 1 N–H and O–H groups in total. The summed E-state index contributed by atoms with van der Waals surface area (Å²) < 4.78 is 1.97. The SMILES string of the molecule is C[C@@H]1CCN1C1CCN(c2ccc(-n3cnc(Nc4cnc(C#N)cn4)c3)cc2)C1. The molecule has 1 unspecified atom stereocenters. The van der Waals surface area contributed by atoms with Crippen LogP contribution in [0.15, 0.2) is 49.2 Å². The average Bonchev–Trinajstić information content (AvgIpc) is 3.43.